The fraction of sp³-hybridized carbons (Fsp3) is 0.600. The van der Waals surface area contributed by atoms with Crippen molar-refractivity contribution in [2.45, 2.75) is 58.0 Å². The third kappa shape index (κ3) is 1.93. The molecule has 2 aromatic heterocycles. The van der Waals surface area contributed by atoms with Crippen molar-refractivity contribution in [3.05, 3.63) is 23.1 Å². The van der Waals surface area contributed by atoms with Crippen molar-refractivity contribution >= 4 is 17.4 Å². The summed E-state index contributed by atoms with van der Waals surface area (Å²) in [4.78, 5) is 11.2. The highest BCUT2D eigenvalue weighted by molar-refractivity contribution is 6.28. The Hall–Kier alpha value is -1.69. The summed E-state index contributed by atoms with van der Waals surface area (Å²) in [6.07, 6.45) is 7.71. The maximum Gasteiger partial charge on any atom is 0.224 e. The minimum absolute atomic E-state index is 0.197. The van der Waals surface area contributed by atoms with Gasteiger partial charge in [0, 0.05) is 6.04 Å². The average Bonchev–Trinajstić information content (AvgIpc) is 3.16. The Labute approximate surface area is 134 Å². The molecule has 1 fully saturated rings. The summed E-state index contributed by atoms with van der Waals surface area (Å²) >= 11 is 6.09. The minimum Gasteiger partial charge on any atom is -0.341 e. The van der Waals surface area contributed by atoms with E-state index in [9.17, 15) is 0 Å². The zero-order chi connectivity index (χ0) is 15.3. The topological polar surface area (TPSA) is 59.7 Å². The molecule has 0 spiro atoms. The van der Waals surface area contributed by atoms with Gasteiger partial charge in [-0.1, -0.05) is 19.8 Å². The Morgan fingerprint density at radius 2 is 2.05 bits per heavy atom. The van der Waals surface area contributed by atoms with Gasteiger partial charge < -0.3 is 4.90 Å². The number of fused-ring (bicyclic) bond motifs is 3. The van der Waals surface area contributed by atoms with Gasteiger partial charge in [-0.05, 0) is 37.8 Å². The van der Waals surface area contributed by atoms with Crippen LogP contribution in [0.15, 0.2) is 6.20 Å². The number of aryl methyl sites for hydroxylation is 1. The third-order valence-electron chi connectivity index (χ3n) is 4.79. The van der Waals surface area contributed by atoms with Crippen molar-refractivity contribution in [3.8, 4) is 5.69 Å². The molecule has 116 valence electrons. The SMILES string of the molecule is CCC1c2nnc(C)n2-c2cnc(Cl)nc2N1C1CCCC1. The number of nitrogens with zero attached hydrogens (tertiary/aromatic N) is 6. The second-order valence-corrected chi connectivity index (χ2v) is 6.40. The fourth-order valence-electron chi connectivity index (χ4n) is 3.85. The highest BCUT2D eigenvalue weighted by Gasteiger charge is 2.39. The molecule has 4 rings (SSSR count). The zero-order valence-corrected chi connectivity index (χ0v) is 13.6. The van der Waals surface area contributed by atoms with E-state index < -0.39 is 0 Å². The van der Waals surface area contributed by atoms with Gasteiger partial charge >= 0.3 is 0 Å². The van der Waals surface area contributed by atoms with Crippen LogP contribution in [0.3, 0.4) is 0 Å². The van der Waals surface area contributed by atoms with Gasteiger partial charge in [0.25, 0.3) is 0 Å². The molecule has 0 aromatic carbocycles. The van der Waals surface area contributed by atoms with Crippen LogP contribution in [0, 0.1) is 6.92 Å². The van der Waals surface area contributed by atoms with Crippen molar-refractivity contribution in [1.82, 2.24) is 24.7 Å². The van der Waals surface area contributed by atoms with Crippen LogP contribution in [-0.2, 0) is 0 Å². The summed E-state index contributed by atoms with van der Waals surface area (Å²) in [5.74, 6) is 2.78. The Morgan fingerprint density at radius 3 is 2.77 bits per heavy atom. The quantitative estimate of drug-likeness (QED) is 0.796. The predicted molar refractivity (Wildman–Crippen MR) is 84.5 cm³/mol. The standard InChI is InChI=1S/C15H19ClN6/c1-3-11-14-20-19-9(2)21(14)12-8-17-15(16)18-13(12)22(11)10-6-4-5-7-10/h8,10-11H,3-7H2,1-2H3. The first-order chi connectivity index (χ1) is 10.7. The van der Waals surface area contributed by atoms with E-state index >= 15 is 0 Å². The summed E-state index contributed by atoms with van der Waals surface area (Å²) in [5.41, 5.74) is 0.943. The molecule has 1 saturated carbocycles. The largest absolute Gasteiger partial charge is 0.341 e. The van der Waals surface area contributed by atoms with Gasteiger partial charge in [-0.3, -0.25) is 4.57 Å². The summed E-state index contributed by atoms with van der Waals surface area (Å²) < 4.78 is 2.07. The molecule has 3 heterocycles. The molecule has 7 heteroatoms. The van der Waals surface area contributed by atoms with Gasteiger partial charge in [0.05, 0.1) is 12.2 Å². The van der Waals surface area contributed by atoms with E-state index in [1.54, 1.807) is 6.20 Å². The van der Waals surface area contributed by atoms with Crippen molar-refractivity contribution in [2.24, 2.45) is 0 Å². The molecule has 1 aliphatic carbocycles. The smallest absolute Gasteiger partial charge is 0.224 e. The first kappa shape index (κ1) is 13.9. The fourth-order valence-corrected chi connectivity index (χ4v) is 3.98. The number of aromatic nitrogens is 5. The number of anilines is 1. The predicted octanol–water partition coefficient (Wildman–Crippen LogP) is 3.23. The Balaban J connectivity index is 1.94. The molecule has 1 unspecified atom stereocenters. The van der Waals surface area contributed by atoms with E-state index in [2.05, 4.69) is 36.6 Å². The van der Waals surface area contributed by atoms with E-state index in [-0.39, 0.29) is 6.04 Å². The van der Waals surface area contributed by atoms with E-state index in [0.29, 0.717) is 11.3 Å². The molecular weight excluding hydrogens is 300 g/mol. The van der Waals surface area contributed by atoms with Gasteiger partial charge in [-0.2, -0.15) is 4.98 Å². The average molecular weight is 319 g/mol. The first-order valence-corrected chi connectivity index (χ1v) is 8.31. The Bertz CT molecular complexity index is 706. The normalized spacial score (nSPS) is 21.0. The molecular formula is C15H19ClN6. The number of rotatable bonds is 2. The molecule has 1 aliphatic heterocycles. The molecule has 0 amide bonds. The van der Waals surface area contributed by atoms with Gasteiger partial charge in [0.15, 0.2) is 11.6 Å². The lowest BCUT2D eigenvalue weighted by atomic mass is 10.0. The zero-order valence-electron chi connectivity index (χ0n) is 12.8. The number of halogens is 1. The Morgan fingerprint density at radius 1 is 1.27 bits per heavy atom. The van der Waals surface area contributed by atoms with Crippen molar-refractivity contribution in [2.75, 3.05) is 4.90 Å². The van der Waals surface area contributed by atoms with Crippen LogP contribution in [0.5, 0.6) is 0 Å². The summed E-state index contributed by atoms with van der Waals surface area (Å²) in [6.45, 7) is 4.15. The number of hydrogen-bond donors (Lipinski definition) is 0. The molecule has 22 heavy (non-hydrogen) atoms. The summed E-state index contributed by atoms with van der Waals surface area (Å²) in [6, 6.07) is 0.697. The van der Waals surface area contributed by atoms with Crippen molar-refractivity contribution in [3.63, 3.8) is 0 Å². The summed E-state index contributed by atoms with van der Waals surface area (Å²) in [7, 11) is 0. The molecule has 0 N–H and O–H groups in total. The van der Waals surface area contributed by atoms with Gasteiger partial charge in [0.2, 0.25) is 5.28 Å². The van der Waals surface area contributed by atoms with Crippen molar-refractivity contribution in [1.29, 1.82) is 0 Å². The van der Waals surface area contributed by atoms with E-state index in [0.717, 1.165) is 29.6 Å². The third-order valence-corrected chi connectivity index (χ3v) is 4.98. The maximum absolute atomic E-state index is 6.09. The van der Waals surface area contributed by atoms with Gasteiger partial charge in [0.1, 0.15) is 11.5 Å². The highest BCUT2D eigenvalue weighted by Crippen LogP contribution is 2.43. The van der Waals surface area contributed by atoms with E-state index in [4.69, 9.17) is 11.6 Å². The second-order valence-electron chi connectivity index (χ2n) is 6.06. The van der Waals surface area contributed by atoms with Crippen LogP contribution in [-0.4, -0.2) is 30.8 Å². The Kier molecular flexibility index (Phi) is 3.29. The van der Waals surface area contributed by atoms with E-state index in [1.807, 2.05) is 6.92 Å². The monoisotopic (exact) mass is 318 g/mol. The van der Waals surface area contributed by atoms with Crippen LogP contribution >= 0.6 is 11.6 Å². The van der Waals surface area contributed by atoms with E-state index in [1.165, 1.54) is 25.7 Å². The molecule has 2 aromatic rings. The lowest BCUT2D eigenvalue weighted by Gasteiger charge is -2.40. The second kappa shape index (κ2) is 5.19. The lowest BCUT2D eigenvalue weighted by molar-refractivity contribution is 0.468. The van der Waals surface area contributed by atoms with Crippen LogP contribution in [0.2, 0.25) is 5.28 Å². The molecule has 0 saturated heterocycles. The molecule has 0 bridgehead atoms. The highest BCUT2D eigenvalue weighted by atomic mass is 35.5. The molecule has 2 aliphatic rings. The molecule has 6 nitrogen and oxygen atoms in total. The maximum atomic E-state index is 6.09. The van der Waals surface area contributed by atoms with Gasteiger partial charge in [-0.25, -0.2) is 4.98 Å². The molecule has 1 atom stereocenters. The minimum atomic E-state index is 0.197. The molecule has 0 radical (unpaired) electrons. The van der Waals surface area contributed by atoms with Crippen LogP contribution < -0.4 is 4.90 Å². The van der Waals surface area contributed by atoms with Gasteiger partial charge in [-0.15, -0.1) is 10.2 Å². The van der Waals surface area contributed by atoms with Crippen LogP contribution in [0.25, 0.3) is 5.69 Å². The number of hydrogen-bond acceptors (Lipinski definition) is 5. The van der Waals surface area contributed by atoms with Crippen LogP contribution in [0.1, 0.15) is 56.7 Å². The van der Waals surface area contributed by atoms with Crippen LogP contribution in [0.4, 0.5) is 5.82 Å². The summed E-state index contributed by atoms with van der Waals surface area (Å²) in [5, 5.41) is 9.01. The van der Waals surface area contributed by atoms with Crippen molar-refractivity contribution < 1.29 is 0 Å². The lowest BCUT2D eigenvalue weighted by Crippen LogP contribution is -2.42. The first-order valence-electron chi connectivity index (χ1n) is 7.94.